The molecule has 8 heteroatoms. The summed E-state index contributed by atoms with van der Waals surface area (Å²) in [5, 5.41) is 15.5. The zero-order valence-electron chi connectivity index (χ0n) is 20.2. The third kappa shape index (κ3) is 4.64. The summed E-state index contributed by atoms with van der Waals surface area (Å²) in [6.45, 7) is 10.3. The van der Waals surface area contributed by atoms with Gasteiger partial charge >= 0.3 is 5.69 Å². The molecule has 0 bridgehead atoms. The molecule has 3 heterocycles. The number of rotatable bonds is 4. The molecule has 0 aromatic carbocycles. The molecular weight excluding hydrogens is 406 g/mol. The molecule has 178 valence electrons. The van der Waals surface area contributed by atoms with E-state index in [0.717, 1.165) is 51.4 Å². The zero-order chi connectivity index (χ0) is 23.1. The van der Waals surface area contributed by atoms with E-state index >= 15 is 0 Å². The van der Waals surface area contributed by atoms with Crippen LogP contribution in [0.25, 0.3) is 0 Å². The Kier molecular flexibility index (Phi) is 6.25. The zero-order valence-corrected chi connectivity index (χ0v) is 20.2. The number of anilines is 1. The summed E-state index contributed by atoms with van der Waals surface area (Å²) >= 11 is 0. The van der Waals surface area contributed by atoms with Gasteiger partial charge in [0.1, 0.15) is 6.20 Å². The van der Waals surface area contributed by atoms with Gasteiger partial charge in [-0.2, -0.15) is 5.10 Å². The van der Waals surface area contributed by atoms with Crippen LogP contribution in [0.3, 0.4) is 0 Å². The molecule has 2 aliphatic heterocycles. The molecule has 4 rings (SSSR count). The number of carbonyl (C=O) groups is 1. The first-order valence-corrected chi connectivity index (χ1v) is 12.3. The molecule has 1 aromatic heterocycles. The van der Waals surface area contributed by atoms with E-state index in [4.69, 9.17) is 0 Å². The second kappa shape index (κ2) is 8.67. The van der Waals surface area contributed by atoms with E-state index in [9.17, 15) is 14.9 Å². The first-order valence-electron chi connectivity index (χ1n) is 12.3. The van der Waals surface area contributed by atoms with Gasteiger partial charge in [-0.1, -0.05) is 20.8 Å². The molecule has 1 saturated carbocycles. The second-order valence-corrected chi connectivity index (χ2v) is 11.6. The van der Waals surface area contributed by atoms with E-state index in [2.05, 4.69) is 35.7 Å². The summed E-state index contributed by atoms with van der Waals surface area (Å²) in [6, 6.07) is 0. The molecule has 1 amide bonds. The highest BCUT2D eigenvalue weighted by atomic mass is 16.6. The monoisotopic (exact) mass is 445 g/mol. The van der Waals surface area contributed by atoms with E-state index in [1.165, 1.54) is 31.9 Å². The number of hydrogen-bond donors (Lipinski definition) is 0. The van der Waals surface area contributed by atoms with E-state index in [1.54, 1.807) is 11.7 Å². The largest absolute Gasteiger partial charge is 0.351 e. The summed E-state index contributed by atoms with van der Waals surface area (Å²) in [5.74, 6) is 2.26. The third-order valence-corrected chi connectivity index (χ3v) is 8.54. The Morgan fingerprint density at radius 2 is 1.78 bits per heavy atom. The van der Waals surface area contributed by atoms with E-state index in [-0.39, 0.29) is 16.0 Å². The molecule has 3 fully saturated rings. The van der Waals surface area contributed by atoms with Crippen molar-refractivity contribution < 1.29 is 9.72 Å². The Labute approximate surface area is 191 Å². The minimum Gasteiger partial charge on any atom is -0.351 e. The lowest BCUT2D eigenvalue weighted by atomic mass is 9.69. The number of hydrogen-bond acceptors (Lipinski definition) is 5. The second-order valence-electron chi connectivity index (χ2n) is 11.6. The number of carbonyl (C=O) groups excluding carboxylic acids is 1. The van der Waals surface area contributed by atoms with Gasteiger partial charge in [-0.05, 0) is 67.6 Å². The molecule has 3 aliphatic rings. The molecule has 0 N–H and O–H groups in total. The lowest BCUT2D eigenvalue weighted by molar-refractivity contribution is -0.384. The van der Waals surface area contributed by atoms with E-state index in [1.807, 2.05) is 0 Å². The van der Waals surface area contributed by atoms with Crippen molar-refractivity contribution in [1.29, 1.82) is 0 Å². The van der Waals surface area contributed by atoms with Crippen LogP contribution in [0.15, 0.2) is 6.20 Å². The van der Waals surface area contributed by atoms with Crippen molar-refractivity contribution >= 4 is 17.4 Å². The predicted octanol–water partition coefficient (Wildman–Crippen LogP) is 4.39. The van der Waals surface area contributed by atoms with E-state index in [0.29, 0.717) is 29.5 Å². The van der Waals surface area contributed by atoms with Crippen molar-refractivity contribution in [2.75, 3.05) is 31.1 Å². The number of aromatic nitrogens is 2. The van der Waals surface area contributed by atoms with Gasteiger partial charge in [0.2, 0.25) is 11.7 Å². The number of aryl methyl sites for hydroxylation is 1. The topological polar surface area (TPSA) is 84.5 Å². The van der Waals surface area contributed by atoms with Crippen LogP contribution in [0.4, 0.5) is 11.5 Å². The Bertz CT molecular complexity index is 842. The van der Waals surface area contributed by atoms with Gasteiger partial charge in [-0.15, -0.1) is 0 Å². The molecule has 1 spiro atoms. The van der Waals surface area contributed by atoms with Crippen molar-refractivity contribution in [3.63, 3.8) is 0 Å². The van der Waals surface area contributed by atoms with Gasteiger partial charge in [0.25, 0.3) is 0 Å². The first kappa shape index (κ1) is 23.1. The molecule has 1 aliphatic carbocycles. The summed E-state index contributed by atoms with van der Waals surface area (Å²) in [5.41, 5.74) is 0.610. The molecule has 0 atom stereocenters. The average Bonchev–Trinajstić information content (AvgIpc) is 3.32. The fourth-order valence-electron chi connectivity index (χ4n) is 6.28. The van der Waals surface area contributed by atoms with Crippen molar-refractivity contribution in [3.8, 4) is 0 Å². The molecule has 32 heavy (non-hydrogen) atoms. The third-order valence-electron chi connectivity index (χ3n) is 8.54. The first-order chi connectivity index (χ1) is 15.1. The minimum atomic E-state index is -0.344. The van der Waals surface area contributed by atoms with Gasteiger partial charge in [0, 0.05) is 39.6 Å². The Morgan fingerprint density at radius 1 is 1.16 bits per heavy atom. The Morgan fingerprint density at radius 3 is 2.38 bits per heavy atom. The van der Waals surface area contributed by atoms with E-state index < -0.39 is 0 Å². The lowest BCUT2D eigenvalue weighted by Crippen LogP contribution is -2.45. The molecule has 2 saturated heterocycles. The van der Waals surface area contributed by atoms with Crippen LogP contribution in [0, 0.1) is 32.8 Å². The fraction of sp³-hybridized carbons (Fsp3) is 0.833. The summed E-state index contributed by atoms with van der Waals surface area (Å²) in [6.07, 6.45) is 9.91. The Hall–Kier alpha value is -2.12. The summed E-state index contributed by atoms with van der Waals surface area (Å²) in [4.78, 5) is 28.2. The highest BCUT2D eigenvalue weighted by Gasteiger charge is 2.43. The van der Waals surface area contributed by atoms with Gasteiger partial charge < -0.3 is 9.80 Å². The molecule has 8 nitrogen and oxygen atoms in total. The highest BCUT2D eigenvalue weighted by molar-refractivity contribution is 5.76. The number of nitro groups is 1. The van der Waals surface area contributed by atoms with Crippen LogP contribution in [0.5, 0.6) is 0 Å². The molecule has 1 aromatic rings. The average molecular weight is 446 g/mol. The van der Waals surface area contributed by atoms with Gasteiger partial charge in [0.05, 0.1) is 4.92 Å². The predicted molar refractivity (Wildman–Crippen MR) is 124 cm³/mol. The fourth-order valence-corrected chi connectivity index (χ4v) is 6.28. The smallest absolute Gasteiger partial charge is 0.331 e. The van der Waals surface area contributed by atoms with Crippen molar-refractivity contribution in [2.45, 2.75) is 72.1 Å². The normalized spacial score (nSPS) is 26.0. The van der Waals surface area contributed by atoms with Crippen LogP contribution in [-0.4, -0.2) is 51.7 Å². The van der Waals surface area contributed by atoms with Crippen LogP contribution in [0.2, 0.25) is 0 Å². The van der Waals surface area contributed by atoms with Crippen molar-refractivity contribution in [3.05, 3.63) is 16.3 Å². The molecular formula is C24H39N5O3. The summed E-state index contributed by atoms with van der Waals surface area (Å²) in [7, 11) is 1.77. The van der Waals surface area contributed by atoms with Gasteiger partial charge in [-0.25, -0.2) is 4.68 Å². The van der Waals surface area contributed by atoms with Gasteiger partial charge in [0.15, 0.2) is 0 Å². The van der Waals surface area contributed by atoms with Crippen LogP contribution in [0.1, 0.15) is 72.1 Å². The number of nitrogens with zero attached hydrogens (tertiary/aromatic N) is 5. The van der Waals surface area contributed by atoms with Crippen LogP contribution in [-0.2, 0) is 11.8 Å². The Balaban J connectivity index is 1.28. The lowest BCUT2D eigenvalue weighted by Gasteiger charge is -2.40. The SMILES string of the molecule is Cn1ncc([N+](=O)[O-])c1N1CCC2(CCN(C(=O)CC3CCC(C(C)(C)C)CC3)CC2)C1. The maximum atomic E-state index is 13.0. The summed E-state index contributed by atoms with van der Waals surface area (Å²) < 4.78 is 1.62. The number of amides is 1. The number of piperidine rings is 1. The van der Waals surface area contributed by atoms with Crippen LogP contribution >= 0.6 is 0 Å². The van der Waals surface area contributed by atoms with Gasteiger partial charge in [-0.3, -0.25) is 14.9 Å². The minimum absolute atomic E-state index is 0.0818. The maximum Gasteiger partial charge on any atom is 0.331 e. The number of likely N-dealkylation sites (tertiary alicyclic amines) is 1. The standard InChI is InChI=1S/C24H39N5O3/c1-23(2,3)19-7-5-18(6-8-19)15-21(30)27-12-9-24(10-13-27)11-14-28(17-24)22-20(29(31)32)16-25-26(22)4/h16,18-19H,5-15,17H2,1-4H3. The van der Waals surface area contributed by atoms with Crippen molar-refractivity contribution in [2.24, 2.45) is 29.7 Å². The van der Waals surface area contributed by atoms with Crippen molar-refractivity contribution in [1.82, 2.24) is 14.7 Å². The molecule has 0 unspecified atom stereocenters. The quantitative estimate of drug-likeness (QED) is 0.507. The van der Waals surface area contributed by atoms with Crippen LogP contribution < -0.4 is 4.90 Å². The maximum absolute atomic E-state index is 13.0. The molecule has 0 radical (unpaired) electrons. The highest BCUT2D eigenvalue weighted by Crippen LogP contribution is 2.44.